The minimum Gasteiger partial charge on any atom is -0.366 e. The largest absolute Gasteiger partial charge is 0.366 e. The Morgan fingerprint density at radius 1 is 1.50 bits per heavy atom. The average molecular weight is 201 g/mol. The second-order valence-electron chi connectivity index (χ2n) is 2.09. The molecule has 1 saturated heterocycles. The molecule has 1 aliphatic rings. The molecule has 0 aliphatic carbocycles. The first kappa shape index (κ1) is 6.24. The number of epoxide rings is 1. The first-order chi connectivity index (χ1) is 4.86. The summed E-state index contributed by atoms with van der Waals surface area (Å²) in [5, 5.41) is 0. The smallest absolute Gasteiger partial charge is 0.124 e. The fourth-order valence-corrected chi connectivity index (χ4v) is 0.912. The van der Waals surface area contributed by atoms with E-state index >= 15 is 0 Å². The Labute approximate surface area is 66.6 Å². The molecule has 0 saturated carbocycles. The SMILES string of the molecule is Brc1cnc(C2CO2)cn1. The van der Waals surface area contributed by atoms with Gasteiger partial charge in [-0.05, 0) is 15.9 Å². The van der Waals surface area contributed by atoms with E-state index in [2.05, 4.69) is 25.9 Å². The summed E-state index contributed by atoms with van der Waals surface area (Å²) in [6.45, 7) is 0.788. The Morgan fingerprint density at radius 2 is 2.30 bits per heavy atom. The van der Waals surface area contributed by atoms with Crippen LogP contribution in [0.25, 0.3) is 0 Å². The molecule has 1 unspecified atom stereocenters. The molecule has 2 heterocycles. The molecule has 1 aliphatic heterocycles. The van der Waals surface area contributed by atoms with Gasteiger partial charge in [-0.3, -0.25) is 4.98 Å². The van der Waals surface area contributed by atoms with Crippen LogP contribution in [0.1, 0.15) is 11.8 Å². The lowest BCUT2D eigenvalue weighted by molar-refractivity contribution is 0.410. The van der Waals surface area contributed by atoms with Crippen LogP contribution in [-0.4, -0.2) is 16.6 Å². The Kier molecular flexibility index (Phi) is 1.43. The molecule has 0 amide bonds. The highest BCUT2D eigenvalue weighted by Crippen LogP contribution is 2.27. The van der Waals surface area contributed by atoms with E-state index in [-0.39, 0.29) is 6.10 Å². The van der Waals surface area contributed by atoms with Gasteiger partial charge in [0.15, 0.2) is 0 Å². The van der Waals surface area contributed by atoms with Crippen molar-refractivity contribution in [2.45, 2.75) is 6.10 Å². The minimum atomic E-state index is 0.209. The summed E-state index contributed by atoms with van der Waals surface area (Å²) in [4.78, 5) is 8.12. The Hall–Kier alpha value is -0.480. The molecule has 0 bridgehead atoms. The molecule has 52 valence electrons. The zero-order chi connectivity index (χ0) is 6.97. The summed E-state index contributed by atoms with van der Waals surface area (Å²) >= 11 is 3.20. The van der Waals surface area contributed by atoms with Crippen molar-refractivity contribution >= 4 is 15.9 Å². The van der Waals surface area contributed by atoms with Gasteiger partial charge in [-0.1, -0.05) is 0 Å². The molecule has 3 nitrogen and oxygen atoms in total. The van der Waals surface area contributed by atoms with E-state index in [4.69, 9.17) is 4.74 Å². The van der Waals surface area contributed by atoms with Gasteiger partial charge in [-0.2, -0.15) is 0 Å². The monoisotopic (exact) mass is 200 g/mol. The molecule has 1 fully saturated rings. The molecule has 10 heavy (non-hydrogen) atoms. The van der Waals surface area contributed by atoms with Gasteiger partial charge in [0, 0.05) is 0 Å². The number of nitrogens with zero attached hydrogens (tertiary/aromatic N) is 2. The highest BCUT2D eigenvalue weighted by atomic mass is 79.9. The molecule has 2 rings (SSSR count). The van der Waals surface area contributed by atoms with Crippen molar-refractivity contribution < 1.29 is 4.74 Å². The van der Waals surface area contributed by atoms with Gasteiger partial charge in [-0.25, -0.2) is 4.98 Å². The zero-order valence-corrected chi connectivity index (χ0v) is 6.71. The number of aromatic nitrogens is 2. The van der Waals surface area contributed by atoms with Crippen LogP contribution in [-0.2, 0) is 4.74 Å². The number of hydrogen-bond acceptors (Lipinski definition) is 3. The third-order valence-corrected chi connectivity index (χ3v) is 1.71. The van der Waals surface area contributed by atoms with Crippen LogP contribution in [0.2, 0.25) is 0 Å². The third-order valence-electron chi connectivity index (χ3n) is 1.30. The quantitative estimate of drug-likeness (QED) is 0.643. The molecule has 0 aromatic carbocycles. The van der Waals surface area contributed by atoms with Crippen molar-refractivity contribution in [3.05, 3.63) is 22.7 Å². The van der Waals surface area contributed by atoms with Crippen molar-refractivity contribution in [2.24, 2.45) is 0 Å². The number of hydrogen-bond donors (Lipinski definition) is 0. The van der Waals surface area contributed by atoms with Crippen molar-refractivity contribution in [1.82, 2.24) is 9.97 Å². The van der Waals surface area contributed by atoms with E-state index in [1.54, 1.807) is 12.4 Å². The second-order valence-corrected chi connectivity index (χ2v) is 2.90. The maximum absolute atomic E-state index is 5.02. The van der Waals surface area contributed by atoms with Gasteiger partial charge in [-0.15, -0.1) is 0 Å². The predicted molar refractivity (Wildman–Crippen MR) is 38.4 cm³/mol. The van der Waals surface area contributed by atoms with Gasteiger partial charge in [0.2, 0.25) is 0 Å². The summed E-state index contributed by atoms with van der Waals surface area (Å²) in [6.07, 6.45) is 3.61. The van der Waals surface area contributed by atoms with E-state index in [0.717, 1.165) is 16.9 Å². The van der Waals surface area contributed by atoms with Crippen LogP contribution in [0.15, 0.2) is 17.0 Å². The summed E-state index contributed by atoms with van der Waals surface area (Å²) in [5.41, 5.74) is 0.920. The highest BCUT2D eigenvalue weighted by Gasteiger charge is 2.26. The predicted octanol–water partition coefficient (Wildman–Crippen LogP) is 1.31. The molecule has 4 heteroatoms. The van der Waals surface area contributed by atoms with Crippen LogP contribution in [0.4, 0.5) is 0 Å². The lowest BCUT2D eigenvalue weighted by atomic mass is 10.3. The highest BCUT2D eigenvalue weighted by molar-refractivity contribution is 9.10. The van der Waals surface area contributed by atoms with E-state index in [1.165, 1.54) is 0 Å². The standard InChI is InChI=1S/C6H5BrN2O/c7-6-2-8-4(1-9-6)5-3-10-5/h1-2,5H,3H2. The minimum absolute atomic E-state index is 0.209. The van der Waals surface area contributed by atoms with Gasteiger partial charge >= 0.3 is 0 Å². The second kappa shape index (κ2) is 2.29. The van der Waals surface area contributed by atoms with Crippen LogP contribution >= 0.6 is 15.9 Å². The Bertz CT molecular complexity index is 232. The van der Waals surface area contributed by atoms with Crippen LogP contribution in [0, 0.1) is 0 Å². The Morgan fingerprint density at radius 3 is 2.80 bits per heavy atom. The van der Waals surface area contributed by atoms with Gasteiger partial charge in [0.1, 0.15) is 10.7 Å². The fraction of sp³-hybridized carbons (Fsp3) is 0.333. The molecule has 0 spiro atoms. The zero-order valence-electron chi connectivity index (χ0n) is 5.12. The van der Waals surface area contributed by atoms with Gasteiger partial charge in [0.25, 0.3) is 0 Å². The van der Waals surface area contributed by atoms with Crippen LogP contribution < -0.4 is 0 Å². The molecular weight excluding hydrogens is 196 g/mol. The summed E-state index contributed by atoms with van der Waals surface area (Å²) in [7, 11) is 0. The van der Waals surface area contributed by atoms with E-state index in [9.17, 15) is 0 Å². The summed E-state index contributed by atoms with van der Waals surface area (Å²) in [6, 6.07) is 0. The van der Waals surface area contributed by atoms with Crippen molar-refractivity contribution in [3.63, 3.8) is 0 Å². The maximum Gasteiger partial charge on any atom is 0.124 e. The summed E-state index contributed by atoms with van der Waals surface area (Å²) < 4.78 is 5.78. The van der Waals surface area contributed by atoms with Crippen LogP contribution in [0.5, 0.6) is 0 Å². The number of rotatable bonds is 1. The molecule has 1 aromatic rings. The lowest BCUT2D eigenvalue weighted by Crippen LogP contribution is -1.87. The molecular formula is C6H5BrN2O. The van der Waals surface area contributed by atoms with E-state index < -0.39 is 0 Å². The first-order valence-electron chi connectivity index (χ1n) is 2.95. The number of ether oxygens (including phenoxy) is 1. The molecule has 1 aromatic heterocycles. The average Bonchev–Trinajstić information content (AvgIpc) is 2.71. The van der Waals surface area contributed by atoms with E-state index in [1.807, 2.05) is 0 Å². The fourth-order valence-electron chi connectivity index (χ4n) is 0.707. The molecule has 0 N–H and O–H groups in total. The summed E-state index contributed by atoms with van der Waals surface area (Å²) in [5.74, 6) is 0. The normalized spacial score (nSPS) is 22.7. The number of halogens is 1. The topological polar surface area (TPSA) is 38.3 Å². The van der Waals surface area contributed by atoms with Gasteiger partial charge in [0.05, 0.1) is 24.7 Å². The lowest BCUT2D eigenvalue weighted by Gasteiger charge is -1.91. The third kappa shape index (κ3) is 1.17. The maximum atomic E-state index is 5.02. The van der Waals surface area contributed by atoms with Crippen molar-refractivity contribution in [3.8, 4) is 0 Å². The first-order valence-corrected chi connectivity index (χ1v) is 3.74. The van der Waals surface area contributed by atoms with E-state index in [0.29, 0.717) is 0 Å². The van der Waals surface area contributed by atoms with Crippen LogP contribution in [0.3, 0.4) is 0 Å². The molecule has 1 atom stereocenters. The Balaban J connectivity index is 2.28. The molecule has 0 radical (unpaired) electrons. The van der Waals surface area contributed by atoms with Crippen molar-refractivity contribution in [1.29, 1.82) is 0 Å². The van der Waals surface area contributed by atoms with Crippen molar-refractivity contribution in [2.75, 3.05) is 6.61 Å². The van der Waals surface area contributed by atoms with Gasteiger partial charge < -0.3 is 4.74 Å².